The van der Waals surface area contributed by atoms with Crippen molar-refractivity contribution in [3.8, 4) is 0 Å². The van der Waals surface area contributed by atoms with E-state index in [4.69, 9.17) is 0 Å². The molecule has 0 aromatic rings. The lowest BCUT2D eigenvalue weighted by molar-refractivity contribution is 0.441. The molecule has 0 saturated heterocycles. The topological polar surface area (TPSA) is 18.8 Å². The van der Waals surface area contributed by atoms with E-state index in [1.54, 1.807) is 0 Å². The third-order valence-electron chi connectivity index (χ3n) is 1.80. The Morgan fingerprint density at radius 2 is 1.86 bits per heavy atom. The van der Waals surface area contributed by atoms with Crippen LogP contribution in [0.5, 0.6) is 0 Å². The second-order valence-corrected chi connectivity index (χ2v) is 3.21. The van der Waals surface area contributed by atoms with E-state index in [-0.39, 0.29) is 0 Å². The Hall–Kier alpha value is -1.25. The third kappa shape index (κ3) is 4.70. The second kappa shape index (κ2) is 7.18. The molecule has 0 spiro atoms. The fourth-order valence-electron chi connectivity index (χ4n) is 0.967. The molecule has 14 heavy (non-hydrogen) atoms. The molecular formula is C11H21N3. The molecule has 80 valence electrons. The van der Waals surface area contributed by atoms with Gasteiger partial charge in [0.1, 0.15) is 0 Å². The van der Waals surface area contributed by atoms with Crippen LogP contribution >= 0.6 is 0 Å². The van der Waals surface area contributed by atoms with Crippen molar-refractivity contribution < 1.29 is 0 Å². The quantitative estimate of drug-likeness (QED) is 0.389. The van der Waals surface area contributed by atoms with Gasteiger partial charge < -0.3 is 9.80 Å². The van der Waals surface area contributed by atoms with Crippen molar-refractivity contribution in [3.05, 3.63) is 24.4 Å². The van der Waals surface area contributed by atoms with E-state index in [0.717, 1.165) is 12.5 Å². The van der Waals surface area contributed by atoms with Crippen molar-refractivity contribution in [1.82, 2.24) is 9.80 Å². The molecule has 0 heterocycles. The Kier molecular flexibility index (Phi) is 6.54. The monoisotopic (exact) mass is 195 g/mol. The van der Waals surface area contributed by atoms with Gasteiger partial charge in [-0.25, -0.2) is 4.99 Å². The predicted molar refractivity (Wildman–Crippen MR) is 63.4 cm³/mol. The van der Waals surface area contributed by atoms with Gasteiger partial charge in [0.2, 0.25) is 0 Å². The summed E-state index contributed by atoms with van der Waals surface area (Å²) in [6.07, 6.45) is 7.67. The Bertz CT molecular complexity index is 227. The van der Waals surface area contributed by atoms with Crippen LogP contribution in [0, 0.1) is 0 Å². The predicted octanol–water partition coefficient (Wildman–Crippen LogP) is 1.95. The number of nitrogens with zero attached hydrogens (tertiary/aromatic N) is 3. The lowest BCUT2D eigenvalue weighted by Gasteiger charge is -2.24. The summed E-state index contributed by atoms with van der Waals surface area (Å²) in [5, 5.41) is 0. The summed E-state index contributed by atoms with van der Waals surface area (Å²) in [5.74, 6) is 0.966. The summed E-state index contributed by atoms with van der Waals surface area (Å²) in [5.41, 5.74) is 0. The van der Waals surface area contributed by atoms with E-state index < -0.39 is 0 Å². The summed E-state index contributed by atoms with van der Waals surface area (Å²) in [6, 6.07) is 0. The number of guanidine groups is 1. The van der Waals surface area contributed by atoms with Gasteiger partial charge in [-0.3, -0.25) is 0 Å². The Balaban J connectivity index is 4.48. The molecule has 3 heteroatoms. The highest BCUT2D eigenvalue weighted by atomic mass is 15.3. The maximum atomic E-state index is 4.37. The Morgan fingerprint density at radius 1 is 1.21 bits per heavy atom. The maximum absolute atomic E-state index is 4.37. The van der Waals surface area contributed by atoms with Gasteiger partial charge in [0.05, 0.1) is 0 Å². The highest BCUT2D eigenvalue weighted by molar-refractivity contribution is 5.79. The molecule has 0 aromatic heterocycles. The molecular weight excluding hydrogens is 174 g/mol. The van der Waals surface area contributed by atoms with E-state index in [9.17, 15) is 0 Å². The van der Waals surface area contributed by atoms with Crippen molar-refractivity contribution >= 4 is 5.96 Å². The van der Waals surface area contributed by atoms with Crippen LogP contribution in [-0.4, -0.2) is 43.4 Å². The van der Waals surface area contributed by atoms with Gasteiger partial charge in [-0.05, 0) is 19.9 Å². The van der Waals surface area contributed by atoms with Crippen LogP contribution in [0.1, 0.15) is 13.8 Å². The van der Waals surface area contributed by atoms with Gasteiger partial charge in [-0.2, -0.15) is 0 Å². The van der Waals surface area contributed by atoms with Crippen LogP contribution in [0.3, 0.4) is 0 Å². The molecule has 0 aliphatic rings. The van der Waals surface area contributed by atoms with Gasteiger partial charge in [0, 0.05) is 33.9 Å². The smallest absolute Gasteiger partial charge is 0.200 e. The highest BCUT2D eigenvalue weighted by Crippen LogP contribution is 1.92. The van der Waals surface area contributed by atoms with Crippen LogP contribution in [0.25, 0.3) is 0 Å². The minimum atomic E-state index is 0.953. The maximum Gasteiger partial charge on any atom is 0.200 e. The van der Waals surface area contributed by atoms with Gasteiger partial charge in [0.25, 0.3) is 0 Å². The van der Waals surface area contributed by atoms with E-state index in [1.165, 1.54) is 0 Å². The van der Waals surface area contributed by atoms with E-state index in [0.29, 0.717) is 0 Å². The second-order valence-electron chi connectivity index (χ2n) is 3.21. The molecule has 0 aliphatic heterocycles. The molecule has 0 aromatic carbocycles. The number of hydrogen-bond donors (Lipinski definition) is 0. The molecule has 3 nitrogen and oxygen atoms in total. The summed E-state index contributed by atoms with van der Waals surface area (Å²) < 4.78 is 0. The van der Waals surface area contributed by atoms with Gasteiger partial charge in [-0.15, -0.1) is 0 Å². The van der Waals surface area contributed by atoms with Crippen molar-refractivity contribution in [3.63, 3.8) is 0 Å². The minimum absolute atomic E-state index is 0.953. The molecule has 0 amide bonds. The standard InChI is InChI=1S/C11H21N3/c1-6-8-9-10-12-11(13(3)4)14(5)7-2/h6,8-10H,7H2,1-5H3/b8-6+,10-9+,12-11+. The van der Waals surface area contributed by atoms with Crippen molar-refractivity contribution in [2.75, 3.05) is 27.7 Å². The zero-order chi connectivity index (χ0) is 11.0. The van der Waals surface area contributed by atoms with Crippen LogP contribution < -0.4 is 0 Å². The lowest BCUT2D eigenvalue weighted by Crippen LogP contribution is -2.37. The number of aliphatic imine (C=N–C) groups is 1. The first-order chi connectivity index (χ1) is 6.63. The summed E-state index contributed by atoms with van der Waals surface area (Å²) in [7, 11) is 6.02. The lowest BCUT2D eigenvalue weighted by atomic mass is 10.5. The average Bonchev–Trinajstić information content (AvgIpc) is 2.16. The van der Waals surface area contributed by atoms with E-state index in [2.05, 4.69) is 16.8 Å². The third-order valence-corrected chi connectivity index (χ3v) is 1.80. The average molecular weight is 195 g/mol. The van der Waals surface area contributed by atoms with E-state index in [1.807, 2.05) is 57.4 Å². The molecule has 0 bridgehead atoms. The minimum Gasteiger partial charge on any atom is -0.349 e. The van der Waals surface area contributed by atoms with Crippen molar-refractivity contribution in [1.29, 1.82) is 0 Å². The molecule has 0 atom stereocenters. The zero-order valence-electron chi connectivity index (χ0n) is 9.86. The molecule has 0 unspecified atom stereocenters. The first-order valence-electron chi connectivity index (χ1n) is 4.87. The summed E-state index contributed by atoms with van der Waals surface area (Å²) in [6.45, 7) is 5.04. The largest absolute Gasteiger partial charge is 0.349 e. The fourth-order valence-corrected chi connectivity index (χ4v) is 0.967. The normalized spacial score (nSPS) is 12.8. The SMILES string of the molecule is C/C=C/C=C/N=C(\N(C)C)N(C)CC. The van der Waals surface area contributed by atoms with Crippen LogP contribution in [0.4, 0.5) is 0 Å². The van der Waals surface area contributed by atoms with Gasteiger partial charge in [-0.1, -0.05) is 12.2 Å². The highest BCUT2D eigenvalue weighted by Gasteiger charge is 2.04. The number of rotatable bonds is 3. The zero-order valence-corrected chi connectivity index (χ0v) is 9.86. The van der Waals surface area contributed by atoms with Crippen molar-refractivity contribution in [2.45, 2.75) is 13.8 Å². The Morgan fingerprint density at radius 3 is 2.29 bits per heavy atom. The first-order valence-corrected chi connectivity index (χ1v) is 4.87. The summed E-state index contributed by atoms with van der Waals surface area (Å²) >= 11 is 0. The molecule has 0 fully saturated rings. The molecule has 0 rings (SSSR count). The molecule has 0 saturated carbocycles. The molecule has 0 N–H and O–H groups in total. The molecule has 0 aliphatic carbocycles. The molecule has 0 radical (unpaired) electrons. The van der Waals surface area contributed by atoms with Crippen LogP contribution in [0.15, 0.2) is 29.4 Å². The van der Waals surface area contributed by atoms with Gasteiger partial charge in [0.15, 0.2) is 5.96 Å². The fraction of sp³-hybridized carbons (Fsp3) is 0.545. The van der Waals surface area contributed by atoms with Crippen LogP contribution in [0.2, 0.25) is 0 Å². The Labute approximate surface area is 87.4 Å². The summed E-state index contributed by atoms with van der Waals surface area (Å²) in [4.78, 5) is 8.47. The van der Waals surface area contributed by atoms with Crippen molar-refractivity contribution in [2.24, 2.45) is 4.99 Å². The van der Waals surface area contributed by atoms with E-state index >= 15 is 0 Å². The first kappa shape index (κ1) is 12.8. The number of hydrogen-bond acceptors (Lipinski definition) is 1. The number of allylic oxidation sites excluding steroid dienone is 3. The van der Waals surface area contributed by atoms with Gasteiger partial charge >= 0.3 is 0 Å². The van der Waals surface area contributed by atoms with Crippen LogP contribution in [-0.2, 0) is 0 Å².